The van der Waals surface area contributed by atoms with Crippen molar-refractivity contribution in [1.29, 1.82) is 0 Å². The summed E-state index contributed by atoms with van der Waals surface area (Å²) in [5.41, 5.74) is 0. The van der Waals surface area contributed by atoms with Gasteiger partial charge in [0, 0.05) is 45.3 Å². The first-order valence-electron chi connectivity index (χ1n) is 8.97. The zero-order chi connectivity index (χ0) is 17.5. The van der Waals surface area contributed by atoms with E-state index in [1.165, 1.54) is 0 Å². The van der Waals surface area contributed by atoms with Gasteiger partial charge in [0.1, 0.15) is 0 Å². The van der Waals surface area contributed by atoms with Gasteiger partial charge in [-0.3, -0.25) is 9.69 Å². The van der Waals surface area contributed by atoms with Gasteiger partial charge in [0.05, 0.1) is 26.2 Å². The Balaban J connectivity index is 1.45. The van der Waals surface area contributed by atoms with Gasteiger partial charge >= 0.3 is 0 Å². The Labute approximate surface area is 148 Å². The Morgan fingerprint density at radius 1 is 1.32 bits per heavy atom. The van der Waals surface area contributed by atoms with Crippen LogP contribution in [0, 0.1) is 5.92 Å². The predicted molar refractivity (Wildman–Crippen MR) is 93.8 cm³/mol. The summed E-state index contributed by atoms with van der Waals surface area (Å²) in [7, 11) is 1.57. The first-order valence-corrected chi connectivity index (χ1v) is 8.97. The summed E-state index contributed by atoms with van der Waals surface area (Å²) in [5, 5.41) is 11.3. The molecule has 8 heteroatoms. The van der Waals surface area contributed by atoms with Gasteiger partial charge in [0.25, 0.3) is 0 Å². The van der Waals surface area contributed by atoms with E-state index in [2.05, 4.69) is 25.3 Å². The first kappa shape index (κ1) is 17.9. The Kier molecular flexibility index (Phi) is 6.41. The number of anilines is 1. The van der Waals surface area contributed by atoms with Crippen molar-refractivity contribution in [3.63, 3.8) is 0 Å². The van der Waals surface area contributed by atoms with E-state index in [-0.39, 0.29) is 11.8 Å². The molecule has 25 heavy (non-hydrogen) atoms. The molecule has 0 unspecified atom stereocenters. The van der Waals surface area contributed by atoms with Crippen molar-refractivity contribution < 1.29 is 14.3 Å². The van der Waals surface area contributed by atoms with Crippen molar-refractivity contribution in [2.24, 2.45) is 5.92 Å². The number of nitrogens with one attached hydrogen (secondary N) is 1. The van der Waals surface area contributed by atoms with Crippen LogP contribution in [0.15, 0.2) is 12.1 Å². The van der Waals surface area contributed by atoms with Crippen LogP contribution in [0.3, 0.4) is 0 Å². The normalized spacial score (nSPS) is 21.8. The van der Waals surface area contributed by atoms with Gasteiger partial charge in [0.2, 0.25) is 11.8 Å². The fourth-order valence-corrected chi connectivity index (χ4v) is 3.30. The molecule has 0 aromatic carbocycles. The molecule has 3 heterocycles. The monoisotopic (exact) mass is 349 g/mol. The van der Waals surface area contributed by atoms with E-state index < -0.39 is 0 Å². The number of carbonyl (C=O) groups excluding carboxylic acids is 1. The number of hydrogen-bond acceptors (Lipinski definition) is 7. The highest BCUT2D eigenvalue weighted by atomic mass is 16.5. The third-order valence-corrected chi connectivity index (χ3v) is 4.78. The molecule has 1 amide bonds. The summed E-state index contributed by atoms with van der Waals surface area (Å²) >= 11 is 0. The number of amides is 1. The number of nitrogens with zero attached hydrogens (tertiary/aromatic N) is 4. The van der Waals surface area contributed by atoms with E-state index in [0.717, 1.165) is 58.1 Å². The highest BCUT2D eigenvalue weighted by molar-refractivity contribution is 5.79. The largest absolute Gasteiger partial charge is 0.480 e. The van der Waals surface area contributed by atoms with Crippen molar-refractivity contribution in [3.8, 4) is 5.88 Å². The maximum atomic E-state index is 12.5. The Bertz CT molecular complexity index is 548. The summed E-state index contributed by atoms with van der Waals surface area (Å²) in [6, 6.07) is 3.69. The summed E-state index contributed by atoms with van der Waals surface area (Å²) in [6.07, 6.45) is 1.90. The average molecular weight is 349 g/mol. The van der Waals surface area contributed by atoms with Crippen LogP contribution >= 0.6 is 0 Å². The molecular weight excluding hydrogens is 322 g/mol. The third-order valence-electron chi connectivity index (χ3n) is 4.78. The zero-order valence-corrected chi connectivity index (χ0v) is 14.8. The minimum absolute atomic E-state index is 0.00217. The molecule has 2 aliphatic rings. The van der Waals surface area contributed by atoms with Gasteiger partial charge in [-0.1, -0.05) is 0 Å². The molecule has 0 saturated carbocycles. The lowest BCUT2D eigenvalue weighted by Crippen LogP contribution is -2.46. The van der Waals surface area contributed by atoms with Gasteiger partial charge in [-0.15, -0.1) is 10.2 Å². The lowest BCUT2D eigenvalue weighted by molar-refractivity contribution is -0.125. The fourth-order valence-electron chi connectivity index (χ4n) is 3.30. The van der Waals surface area contributed by atoms with Gasteiger partial charge < -0.3 is 19.7 Å². The number of morpholine rings is 1. The molecule has 0 bridgehead atoms. The molecule has 0 spiro atoms. The van der Waals surface area contributed by atoms with Gasteiger partial charge in [-0.25, -0.2) is 0 Å². The second-order valence-electron chi connectivity index (χ2n) is 6.46. The van der Waals surface area contributed by atoms with Crippen LogP contribution in [-0.4, -0.2) is 80.6 Å². The molecule has 2 aliphatic heterocycles. The van der Waals surface area contributed by atoms with Crippen LogP contribution in [0.4, 0.5) is 5.82 Å². The average Bonchev–Trinajstić information content (AvgIpc) is 2.69. The first-order chi connectivity index (χ1) is 12.3. The molecule has 1 N–H and O–H groups in total. The quantitative estimate of drug-likeness (QED) is 0.783. The fraction of sp³-hybridized carbons (Fsp3) is 0.706. The van der Waals surface area contributed by atoms with E-state index >= 15 is 0 Å². The number of methoxy groups -OCH3 is 1. The minimum Gasteiger partial charge on any atom is -0.480 e. The number of ether oxygens (including phenoxy) is 2. The molecular formula is C17H27N5O3. The minimum atomic E-state index is 0.00217. The van der Waals surface area contributed by atoms with Crippen molar-refractivity contribution in [3.05, 3.63) is 12.1 Å². The van der Waals surface area contributed by atoms with Crippen molar-refractivity contribution >= 4 is 11.7 Å². The number of carbonyl (C=O) groups is 1. The lowest BCUT2D eigenvalue weighted by Gasteiger charge is -2.33. The van der Waals surface area contributed by atoms with Crippen LogP contribution in [-0.2, 0) is 9.53 Å². The topological polar surface area (TPSA) is 79.8 Å². The van der Waals surface area contributed by atoms with Gasteiger partial charge in [0.15, 0.2) is 5.82 Å². The molecule has 0 radical (unpaired) electrons. The molecule has 3 rings (SSSR count). The number of hydrogen-bond donors (Lipinski definition) is 1. The number of rotatable bonds is 6. The summed E-state index contributed by atoms with van der Waals surface area (Å²) in [6.45, 7) is 6.63. The maximum Gasteiger partial charge on any atom is 0.233 e. The van der Waals surface area contributed by atoms with E-state index in [4.69, 9.17) is 9.47 Å². The molecule has 138 valence electrons. The second-order valence-corrected chi connectivity index (χ2v) is 6.46. The van der Waals surface area contributed by atoms with Crippen LogP contribution in [0.25, 0.3) is 0 Å². The highest BCUT2D eigenvalue weighted by Gasteiger charge is 2.26. The van der Waals surface area contributed by atoms with Crippen LogP contribution in [0.1, 0.15) is 12.8 Å². The number of piperidine rings is 1. The lowest BCUT2D eigenvalue weighted by atomic mass is 9.97. The van der Waals surface area contributed by atoms with Crippen LogP contribution in [0.2, 0.25) is 0 Å². The maximum absolute atomic E-state index is 12.5. The second kappa shape index (κ2) is 8.96. The highest BCUT2D eigenvalue weighted by Crippen LogP contribution is 2.22. The van der Waals surface area contributed by atoms with Crippen LogP contribution < -0.4 is 15.0 Å². The summed E-state index contributed by atoms with van der Waals surface area (Å²) < 4.78 is 10.4. The molecule has 2 saturated heterocycles. The molecule has 1 aromatic rings. The van der Waals surface area contributed by atoms with Gasteiger partial charge in [-0.2, -0.15) is 0 Å². The van der Waals surface area contributed by atoms with E-state index in [9.17, 15) is 4.79 Å². The SMILES string of the molecule is COc1ccc(N2CCC[C@H](C(=O)NCCN3CCOCC3)C2)nn1. The van der Waals surface area contributed by atoms with Crippen molar-refractivity contribution in [2.75, 3.05) is 64.5 Å². The number of aromatic nitrogens is 2. The van der Waals surface area contributed by atoms with Gasteiger partial charge in [-0.05, 0) is 18.9 Å². The van der Waals surface area contributed by atoms with E-state index in [0.29, 0.717) is 19.0 Å². The third kappa shape index (κ3) is 5.02. The standard InChI is InChI=1S/C17H27N5O3/c1-24-16-5-4-15(19-20-16)22-7-2-3-14(13-22)17(23)18-6-8-21-9-11-25-12-10-21/h4-5,14H,2-3,6-13H2,1H3,(H,18,23)/t14-/m0/s1. The Morgan fingerprint density at radius 2 is 2.16 bits per heavy atom. The van der Waals surface area contributed by atoms with E-state index in [1.54, 1.807) is 13.2 Å². The molecule has 1 aromatic heterocycles. The summed E-state index contributed by atoms with van der Waals surface area (Å²) in [5.74, 6) is 1.44. The molecule has 8 nitrogen and oxygen atoms in total. The van der Waals surface area contributed by atoms with E-state index in [1.807, 2.05) is 6.07 Å². The van der Waals surface area contributed by atoms with Crippen molar-refractivity contribution in [2.45, 2.75) is 12.8 Å². The smallest absolute Gasteiger partial charge is 0.233 e. The molecule has 1 atom stereocenters. The molecule has 0 aliphatic carbocycles. The zero-order valence-electron chi connectivity index (χ0n) is 14.8. The molecule has 2 fully saturated rings. The summed E-state index contributed by atoms with van der Waals surface area (Å²) in [4.78, 5) is 16.9. The van der Waals surface area contributed by atoms with Crippen LogP contribution in [0.5, 0.6) is 5.88 Å². The van der Waals surface area contributed by atoms with Crippen molar-refractivity contribution in [1.82, 2.24) is 20.4 Å². The Morgan fingerprint density at radius 3 is 2.88 bits per heavy atom. The Hall–Kier alpha value is -1.93. The predicted octanol–water partition coefficient (Wildman–Crippen LogP) is 0.150.